The van der Waals surface area contributed by atoms with Gasteiger partial charge in [0.05, 0.1) is 12.7 Å². The Balaban J connectivity index is 5.55. The quantitative estimate of drug-likeness (QED) is 0.0925. The van der Waals surface area contributed by atoms with E-state index in [-0.39, 0.29) is 12.8 Å². The summed E-state index contributed by atoms with van der Waals surface area (Å²) in [6.45, 7) is 14.6. The maximum absolute atomic E-state index is 16.7. The molecule has 0 fully saturated rings. The molecule has 0 radical (unpaired) electrons. The van der Waals surface area contributed by atoms with Crippen molar-refractivity contribution in [2.75, 3.05) is 55.9 Å². The summed E-state index contributed by atoms with van der Waals surface area (Å²) in [4.78, 5) is 0. The lowest BCUT2D eigenvalue weighted by Crippen LogP contribution is -2.55. The number of ether oxygens (including phenoxy) is 1. The van der Waals surface area contributed by atoms with Gasteiger partial charge in [-0.25, -0.2) is 4.39 Å². The molecule has 0 aromatic rings. The van der Waals surface area contributed by atoms with Gasteiger partial charge >= 0.3 is 34.7 Å². The van der Waals surface area contributed by atoms with Gasteiger partial charge in [-0.3, -0.25) is 0 Å². The fourth-order valence-corrected chi connectivity index (χ4v) is 21.8. The molecule has 0 aromatic carbocycles. The summed E-state index contributed by atoms with van der Waals surface area (Å²) in [7, 11) is -4.21. The highest BCUT2D eigenvalue weighted by molar-refractivity contribution is 6.86. The largest absolute Gasteiger partial charge is 0.500 e. The van der Waals surface area contributed by atoms with Gasteiger partial charge in [-0.1, -0.05) is 0 Å². The smallest absolute Gasteiger partial charge is 0.436 e. The Morgan fingerprint density at radius 3 is 1.45 bits per heavy atom. The average molecular weight is 697 g/mol. The molecule has 0 heterocycles. The van der Waals surface area contributed by atoms with Crippen LogP contribution in [0.2, 0.25) is 57.4 Å². The Morgan fingerprint density at radius 2 is 1.07 bits per heavy atom. The first kappa shape index (κ1) is 42.6. The predicted octanol–water partition coefficient (Wildman–Crippen LogP) is 5.41. The summed E-state index contributed by atoms with van der Waals surface area (Å²) < 4.78 is 74.9. The van der Waals surface area contributed by atoms with Gasteiger partial charge in [0, 0.05) is 74.2 Å². The van der Waals surface area contributed by atoms with Crippen molar-refractivity contribution < 1.29 is 53.4 Å². The van der Waals surface area contributed by atoms with Crippen LogP contribution < -0.4 is 0 Å². The van der Waals surface area contributed by atoms with E-state index in [0.717, 1.165) is 12.5 Å². The lowest BCUT2D eigenvalue weighted by atomic mass is 10.1. The van der Waals surface area contributed by atoms with E-state index >= 15 is 4.39 Å². The molecule has 0 bridgehead atoms. The van der Waals surface area contributed by atoms with Crippen molar-refractivity contribution in [2.45, 2.75) is 108 Å². The van der Waals surface area contributed by atoms with Crippen molar-refractivity contribution in [1.82, 2.24) is 0 Å². The van der Waals surface area contributed by atoms with Crippen LogP contribution in [0.5, 0.6) is 0 Å². The lowest BCUT2D eigenvalue weighted by molar-refractivity contribution is -0.0963. The minimum Gasteiger partial charge on any atom is -0.436 e. The second kappa shape index (κ2) is 19.3. The minimum atomic E-state index is -3.01. The van der Waals surface area contributed by atoms with E-state index in [9.17, 15) is 5.11 Å². The van der Waals surface area contributed by atoms with E-state index < -0.39 is 55.0 Å². The molecule has 0 aromatic heterocycles. The zero-order chi connectivity index (χ0) is 32.7. The van der Waals surface area contributed by atoms with Crippen LogP contribution >= 0.6 is 0 Å². The van der Waals surface area contributed by atoms with Crippen molar-refractivity contribution in [3.05, 3.63) is 0 Å². The van der Waals surface area contributed by atoms with Crippen LogP contribution in [0.15, 0.2) is 0 Å². The van der Waals surface area contributed by atoms with Crippen LogP contribution in [0.3, 0.4) is 0 Å². The Bertz CT molecular complexity index is 684. The fraction of sp³-hybridized carbons (Fsp3) is 1.00. The van der Waals surface area contributed by atoms with E-state index in [1.165, 1.54) is 0 Å². The number of hydrogen-bond donors (Lipinski definition) is 1. The molecule has 0 spiro atoms. The van der Waals surface area contributed by atoms with E-state index in [0.29, 0.717) is 38.1 Å². The first-order chi connectivity index (χ1) is 19.3. The Morgan fingerprint density at radius 1 is 0.643 bits per heavy atom. The standard InChI is InChI=1S/C25H61FO11Si5/c1-24(27)23-34-19-16-20-38(8,9)36-40(12,13)37-39(10,11)35-25(26,17-14-21-41(28-2,29-3)30-4)18-15-22-42(31-5,32-6)33-7/h24,27H,14-23H2,1-13H3. The highest BCUT2D eigenvalue weighted by Gasteiger charge is 2.47. The highest BCUT2D eigenvalue weighted by atomic mass is 28.5. The Labute approximate surface area is 260 Å². The first-order valence-corrected chi connectivity index (χ1v) is 27.3. The van der Waals surface area contributed by atoms with Gasteiger partial charge < -0.3 is 49.1 Å². The normalized spacial score (nSPS) is 14.9. The van der Waals surface area contributed by atoms with Gasteiger partial charge in [-0.15, -0.1) is 0 Å². The lowest BCUT2D eigenvalue weighted by Gasteiger charge is -2.41. The SMILES string of the molecule is CO[Si](CCCC(F)(CCC[Si](OC)(OC)OC)O[Si](C)(C)O[Si](C)(C)O[Si](C)(C)CCCOCC(C)O)(OC)OC. The second-order valence-corrected chi connectivity index (χ2v) is 29.7. The molecule has 1 N–H and O–H groups in total. The molecule has 17 heteroatoms. The van der Waals surface area contributed by atoms with Gasteiger partial charge in [0.2, 0.25) is 5.85 Å². The van der Waals surface area contributed by atoms with E-state index in [2.05, 4.69) is 13.1 Å². The number of alkyl halides is 1. The fourth-order valence-electron chi connectivity index (χ4n) is 5.12. The van der Waals surface area contributed by atoms with Crippen molar-refractivity contribution in [1.29, 1.82) is 0 Å². The van der Waals surface area contributed by atoms with Gasteiger partial charge in [-0.05, 0) is 71.5 Å². The van der Waals surface area contributed by atoms with Crippen molar-refractivity contribution >= 4 is 43.0 Å². The maximum Gasteiger partial charge on any atom is 0.500 e. The average Bonchev–Trinajstić information content (AvgIpc) is 2.87. The zero-order valence-electron chi connectivity index (χ0n) is 28.6. The molecule has 11 nitrogen and oxygen atoms in total. The number of aliphatic hydroxyl groups excluding tert-OH is 1. The summed E-state index contributed by atoms with van der Waals surface area (Å²) >= 11 is 0. The van der Waals surface area contributed by atoms with Gasteiger partial charge in [0.15, 0.2) is 8.32 Å². The molecular weight excluding hydrogens is 636 g/mol. The van der Waals surface area contributed by atoms with E-state index in [4.69, 9.17) is 43.9 Å². The number of aliphatic hydroxyl groups is 1. The molecule has 0 aliphatic carbocycles. The molecule has 1 unspecified atom stereocenters. The predicted molar refractivity (Wildman–Crippen MR) is 173 cm³/mol. The summed E-state index contributed by atoms with van der Waals surface area (Å²) in [6.07, 6.45) is 1.49. The molecule has 0 aliphatic heterocycles. The van der Waals surface area contributed by atoms with E-state index in [1.807, 2.05) is 26.2 Å². The monoisotopic (exact) mass is 696 g/mol. The van der Waals surface area contributed by atoms with Crippen LogP contribution in [-0.2, 0) is 43.9 Å². The molecule has 0 saturated carbocycles. The number of hydrogen-bond acceptors (Lipinski definition) is 11. The summed E-state index contributed by atoms with van der Waals surface area (Å²) in [5.74, 6) is -1.96. The van der Waals surface area contributed by atoms with E-state index in [1.54, 1.807) is 49.6 Å². The van der Waals surface area contributed by atoms with Crippen LogP contribution in [0, 0.1) is 0 Å². The third kappa shape index (κ3) is 16.8. The van der Waals surface area contributed by atoms with Crippen LogP contribution in [0.4, 0.5) is 4.39 Å². The first-order valence-electron chi connectivity index (χ1n) is 14.7. The molecule has 254 valence electrons. The molecule has 1 atom stereocenters. The highest BCUT2D eigenvalue weighted by Crippen LogP contribution is 2.35. The third-order valence-corrected chi connectivity index (χ3v) is 23.0. The summed E-state index contributed by atoms with van der Waals surface area (Å²) in [6, 6.07) is 1.79. The topological polar surface area (TPSA) is 113 Å². The van der Waals surface area contributed by atoms with Gasteiger partial charge in [-0.2, -0.15) is 0 Å². The van der Waals surface area contributed by atoms with Crippen LogP contribution in [0.25, 0.3) is 0 Å². The van der Waals surface area contributed by atoms with Crippen LogP contribution in [0.1, 0.15) is 39.0 Å². The number of halogens is 1. The molecule has 0 aliphatic rings. The van der Waals surface area contributed by atoms with Gasteiger partial charge in [0.25, 0.3) is 0 Å². The van der Waals surface area contributed by atoms with Crippen molar-refractivity contribution in [2.24, 2.45) is 0 Å². The Kier molecular flexibility index (Phi) is 19.5. The molecule has 0 amide bonds. The molecule has 42 heavy (non-hydrogen) atoms. The summed E-state index contributed by atoms with van der Waals surface area (Å²) in [5.41, 5.74) is 0. The van der Waals surface area contributed by atoms with Crippen molar-refractivity contribution in [3.63, 3.8) is 0 Å². The van der Waals surface area contributed by atoms with Crippen LogP contribution in [-0.4, -0.2) is 116 Å². The summed E-state index contributed by atoms with van der Waals surface area (Å²) in [5, 5.41) is 9.37. The minimum absolute atomic E-state index is 0.120. The molecule has 0 rings (SSSR count). The molecule has 0 saturated heterocycles. The zero-order valence-corrected chi connectivity index (χ0v) is 33.6. The Hall–Kier alpha value is 0.574. The molecular formula is C25H61FO11Si5. The van der Waals surface area contributed by atoms with Gasteiger partial charge in [0.1, 0.15) is 0 Å². The van der Waals surface area contributed by atoms with Crippen molar-refractivity contribution in [3.8, 4) is 0 Å². The third-order valence-electron chi connectivity index (χ3n) is 6.80. The second-order valence-electron chi connectivity index (χ2n) is 12.1. The maximum atomic E-state index is 16.7. The number of rotatable bonds is 26.